The number of hydrogen-bond donors (Lipinski definition) is 0. The molecule has 4 rings (SSSR count). The maximum atomic E-state index is 12.7. The number of aromatic nitrogens is 1. The highest BCUT2D eigenvalue weighted by atomic mass is 32.2. The molecule has 0 aliphatic carbocycles. The number of likely N-dealkylation sites (N-methyl/N-ethyl adjacent to an activating group) is 1. The fraction of sp³-hybridized carbons (Fsp3) is 0.273. The molecule has 0 unspecified atom stereocenters. The van der Waals surface area contributed by atoms with Crippen molar-refractivity contribution in [3.8, 4) is 11.1 Å². The van der Waals surface area contributed by atoms with E-state index >= 15 is 0 Å². The molecule has 0 saturated carbocycles. The Morgan fingerprint density at radius 3 is 2.18 bits per heavy atom. The van der Waals surface area contributed by atoms with Gasteiger partial charge in [-0.15, -0.1) is 0 Å². The maximum Gasteiger partial charge on any atom is 0.267 e. The normalized spacial score (nSPS) is 16.3. The van der Waals surface area contributed by atoms with Crippen molar-refractivity contribution in [2.45, 2.75) is 11.4 Å². The van der Waals surface area contributed by atoms with E-state index in [-0.39, 0.29) is 0 Å². The first-order valence-corrected chi connectivity index (χ1v) is 11.0. The number of rotatable bonds is 5. The molecule has 0 bridgehead atoms. The van der Waals surface area contributed by atoms with Crippen LogP contribution in [-0.4, -0.2) is 55.4 Å². The summed E-state index contributed by atoms with van der Waals surface area (Å²) in [4.78, 5) is 5.12. The molecule has 28 heavy (non-hydrogen) atoms. The van der Waals surface area contributed by atoms with Crippen molar-refractivity contribution in [2.75, 3.05) is 33.2 Å². The lowest BCUT2D eigenvalue weighted by atomic mass is 10.0. The van der Waals surface area contributed by atoms with Crippen LogP contribution in [0.15, 0.2) is 78.0 Å². The van der Waals surface area contributed by atoms with Crippen molar-refractivity contribution in [1.82, 2.24) is 13.8 Å². The summed E-state index contributed by atoms with van der Waals surface area (Å²) in [5.74, 6) is 0. The maximum absolute atomic E-state index is 12.7. The van der Waals surface area contributed by atoms with Crippen LogP contribution in [0.2, 0.25) is 0 Å². The second kappa shape index (κ2) is 7.91. The van der Waals surface area contributed by atoms with Crippen molar-refractivity contribution < 1.29 is 8.42 Å². The van der Waals surface area contributed by atoms with Crippen LogP contribution in [0.3, 0.4) is 0 Å². The van der Waals surface area contributed by atoms with E-state index in [1.54, 1.807) is 42.7 Å². The van der Waals surface area contributed by atoms with Gasteiger partial charge in [-0.3, -0.25) is 4.90 Å². The average Bonchev–Trinajstić information content (AvgIpc) is 3.26. The van der Waals surface area contributed by atoms with Gasteiger partial charge in [-0.05, 0) is 48.0 Å². The monoisotopic (exact) mass is 395 g/mol. The molecule has 1 saturated heterocycles. The van der Waals surface area contributed by atoms with Gasteiger partial charge in [0.25, 0.3) is 10.0 Å². The molecule has 0 N–H and O–H groups in total. The fourth-order valence-corrected chi connectivity index (χ4v) is 4.73. The molecule has 1 fully saturated rings. The molecule has 5 nitrogen and oxygen atoms in total. The van der Waals surface area contributed by atoms with E-state index in [9.17, 15) is 8.42 Å². The summed E-state index contributed by atoms with van der Waals surface area (Å²) >= 11 is 0. The summed E-state index contributed by atoms with van der Waals surface area (Å²) in [6.07, 6.45) is 3.10. The van der Waals surface area contributed by atoms with Gasteiger partial charge in [-0.2, -0.15) is 0 Å². The molecule has 1 aliphatic rings. The van der Waals surface area contributed by atoms with Crippen LogP contribution in [0.25, 0.3) is 11.1 Å². The highest BCUT2D eigenvalue weighted by Crippen LogP contribution is 2.24. The third-order valence-electron chi connectivity index (χ3n) is 5.28. The lowest BCUT2D eigenvalue weighted by Crippen LogP contribution is -2.43. The van der Waals surface area contributed by atoms with E-state index < -0.39 is 10.0 Å². The number of benzene rings is 2. The number of hydrogen-bond acceptors (Lipinski definition) is 4. The minimum absolute atomic E-state index is 0.294. The van der Waals surface area contributed by atoms with Crippen LogP contribution >= 0.6 is 0 Å². The smallest absolute Gasteiger partial charge is 0.267 e. The zero-order valence-electron chi connectivity index (χ0n) is 16.0. The molecule has 1 aromatic heterocycles. The van der Waals surface area contributed by atoms with Gasteiger partial charge in [0, 0.05) is 45.1 Å². The Morgan fingerprint density at radius 2 is 1.50 bits per heavy atom. The molecule has 0 spiro atoms. The van der Waals surface area contributed by atoms with Gasteiger partial charge in [-0.1, -0.05) is 36.4 Å². The van der Waals surface area contributed by atoms with Crippen LogP contribution in [0.5, 0.6) is 0 Å². The van der Waals surface area contributed by atoms with E-state index in [0.29, 0.717) is 4.90 Å². The van der Waals surface area contributed by atoms with Gasteiger partial charge >= 0.3 is 0 Å². The van der Waals surface area contributed by atoms with Crippen molar-refractivity contribution in [3.05, 3.63) is 78.6 Å². The van der Waals surface area contributed by atoms with E-state index in [1.807, 2.05) is 6.07 Å². The zero-order chi connectivity index (χ0) is 19.6. The van der Waals surface area contributed by atoms with Gasteiger partial charge in [0.15, 0.2) is 0 Å². The molecule has 0 amide bonds. The largest absolute Gasteiger partial charge is 0.304 e. The summed E-state index contributed by atoms with van der Waals surface area (Å²) in [6.45, 7) is 5.37. The molecule has 3 aromatic rings. The zero-order valence-corrected chi connectivity index (χ0v) is 16.8. The lowest BCUT2D eigenvalue weighted by Gasteiger charge is -2.32. The summed E-state index contributed by atoms with van der Waals surface area (Å²) in [5.41, 5.74) is 3.20. The van der Waals surface area contributed by atoms with E-state index in [0.717, 1.165) is 43.9 Å². The summed E-state index contributed by atoms with van der Waals surface area (Å²) < 4.78 is 26.7. The van der Waals surface area contributed by atoms with Crippen LogP contribution in [-0.2, 0) is 16.6 Å². The van der Waals surface area contributed by atoms with Crippen molar-refractivity contribution in [3.63, 3.8) is 0 Å². The third-order valence-corrected chi connectivity index (χ3v) is 6.92. The van der Waals surface area contributed by atoms with Crippen molar-refractivity contribution in [1.29, 1.82) is 0 Å². The van der Waals surface area contributed by atoms with Gasteiger partial charge in [0.2, 0.25) is 0 Å². The SMILES string of the molecule is CN1CCN(Cc2ccc(-c3cccc(S(=O)(=O)n4cccc4)c3)cc2)CC1. The highest BCUT2D eigenvalue weighted by molar-refractivity contribution is 7.90. The molecule has 1 aliphatic heterocycles. The first-order chi connectivity index (χ1) is 13.5. The minimum atomic E-state index is -3.55. The second-order valence-electron chi connectivity index (χ2n) is 7.32. The molecular formula is C22H25N3O2S. The second-order valence-corrected chi connectivity index (χ2v) is 9.17. The summed E-state index contributed by atoms with van der Waals surface area (Å²) in [7, 11) is -1.39. The molecule has 0 atom stereocenters. The van der Waals surface area contributed by atoms with Gasteiger partial charge in [0.1, 0.15) is 0 Å². The van der Waals surface area contributed by atoms with Crippen LogP contribution in [0.1, 0.15) is 5.56 Å². The Morgan fingerprint density at radius 1 is 0.821 bits per heavy atom. The fourth-order valence-electron chi connectivity index (χ4n) is 3.50. The number of nitrogens with zero attached hydrogens (tertiary/aromatic N) is 3. The molecule has 0 radical (unpaired) electrons. The Kier molecular flexibility index (Phi) is 5.35. The van der Waals surface area contributed by atoms with Crippen LogP contribution in [0, 0.1) is 0 Å². The highest BCUT2D eigenvalue weighted by Gasteiger charge is 2.17. The van der Waals surface area contributed by atoms with E-state index in [4.69, 9.17) is 0 Å². The van der Waals surface area contributed by atoms with E-state index in [1.165, 1.54) is 9.54 Å². The van der Waals surface area contributed by atoms with Gasteiger partial charge in [0.05, 0.1) is 4.90 Å². The average molecular weight is 396 g/mol. The molecular weight excluding hydrogens is 370 g/mol. The quantitative estimate of drug-likeness (QED) is 0.666. The first kappa shape index (κ1) is 18.9. The molecule has 146 valence electrons. The van der Waals surface area contributed by atoms with Crippen LogP contribution in [0.4, 0.5) is 0 Å². The summed E-state index contributed by atoms with van der Waals surface area (Å²) in [6, 6.07) is 19.0. The van der Waals surface area contributed by atoms with Crippen molar-refractivity contribution in [2.24, 2.45) is 0 Å². The third kappa shape index (κ3) is 4.04. The van der Waals surface area contributed by atoms with Crippen LogP contribution < -0.4 is 0 Å². The number of piperazine rings is 1. The molecule has 2 aromatic carbocycles. The Labute approximate surface area is 166 Å². The topological polar surface area (TPSA) is 45.6 Å². The summed E-state index contributed by atoms with van der Waals surface area (Å²) in [5, 5.41) is 0. The van der Waals surface area contributed by atoms with Gasteiger partial charge in [-0.25, -0.2) is 12.4 Å². The van der Waals surface area contributed by atoms with Gasteiger partial charge < -0.3 is 4.90 Å². The van der Waals surface area contributed by atoms with E-state index in [2.05, 4.69) is 41.1 Å². The first-order valence-electron chi connectivity index (χ1n) is 9.51. The Bertz CT molecular complexity index is 1020. The minimum Gasteiger partial charge on any atom is -0.304 e. The predicted octanol–water partition coefficient (Wildman–Crippen LogP) is 3.14. The lowest BCUT2D eigenvalue weighted by molar-refractivity contribution is 0.148. The van der Waals surface area contributed by atoms with Crippen molar-refractivity contribution >= 4 is 10.0 Å². The predicted molar refractivity (Wildman–Crippen MR) is 112 cm³/mol. The Hall–Kier alpha value is -2.41. The Balaban J connectivity index is 1.52. The molecule has 2 heterocycles. The molecule has 6 heteroatoms. The standard InChI is InChI=1S/C22H25N3O2S/c1-23-13-15-24(16-14-23)18-19-7-9-20(10-8-19)21-5-4-6-22(17-21)28(26,27)25-11-2-3-12-25/h2-12,17H,13-16,18H2,1H3.